The van der Waals surface area contributed by atoms with E-state index in [9.17, 15) is 36.3 Å². The molecule has 2 rings (SSSR count). The minimum absolute atomic E-state index is 0.0305. The molecule has 0 aromatic carbocycles. The topological polar surface area (TPSA) is 93.0 Å². The number of ether oxygens (including phenoxy) is 1. The Morgan fingerprint density at radius 3 is 2.31 bits per heavy atom. The van der Waals surface area contributed by atoms with Crippen LogP contribution in [0.1, 0.15) is 56.7 Å². The Labute approximate surface area is 198 Å². The van der Waals surface area contributed by atoms with Crippen LogP contribution >= 0.6 is 0 Å². The lowest BCUT2D eigenvalue weighted by Crippen LogP contribution is -2.50. The molecule has 8 nitrogen and oxygen atoms in total. The number of carbonyl (C=O) groups excluding carboxylic acids is 3. The molecule has 35 heavy (non-hydrogen) atoms. The number of ketones is 1. The number of nitrogens with zero attached hydrogens (tertiary/aromatic N) is 3. The highest BCUT2D eigenvalue weighted by molar-refractivity contribution is 5.92. The summed E-state index contributed by atoms with van der Waals surface area (Å²) < 4.78 is 69.9. The number of nitrogens with one attached hydrogen (secondary N) is 1. The first-order chi connectivity index (χ1) is 16.0. The van der Waals surface area contributed by atoms with Crippen LogP contribution in [-0.2, 0) is 16.1 Å². The number of Topliss-reactive ketones (excluding diaryl/α,β-unsaturated/α-hetero) is 1. The zero-order valence-electron chi connectivity index (χ0n) is 19.7. The molecule has 0 aliphatic rings. The lowest BCUT2D eigenvalue weighted by Gasteiger charge is -2.28. The third-order valence-electron chi connectivity index (χ3n) is 4.72. The summed E-state index contributed by atoms with van der Waals surface area (Å²) in [4.78, 5) is 41.2. The van der Waals surface area contributed by atoms with Gasteiger partial charge in [-0.05, 0) is 45.7 Å². The Morgan fingerprint density at radius 2 is 1.74 bits per heavy atom. The monoisotopic (exact) mass is 506 g/mol. The van der Waals surface area contributed by atoms with Crippen molar-refractivity contribution in [3.8, 4) is 0 Å². The minimum atomic E-state index is -5.98. The molecule has 194 valence electrons. The molecule has 1 N–H and O–H groups in total. The number of imidazole rings is 1. The van der Waals surface area contributed by atoms with E-state index < -0.39 is 36.2 Å². The van der Waals surface area contributed by atoms with Crippen LogP contribution in [0.2, 0.25) is 0 Å². The van der Waals surface area contributed by atoms with Crippen molar-refractivity contribution in [3.63, 3.8) is 0 Å². The summed E-state index contributed by atoms with van der Waals surface area (Å²) >= 11 is 0. The number of amides is 2. The van der Waals surface area contributed by atoms with Crippen LogP contribution in [0.5, 0.6) is 0 Å². The first kappa shape index (κ1) is 28.0. The number of hydrogen-bond acceptors (Lipinski definition) is 5. The molecule has 0 radical (unpaired) electrons. The highest BCUT2D eigenvalue weighted by Crippen LogP contribution is 2.35. The van der Waals surface area contributed by atoms with Crippen molar-refractivity contribution < 1.29 is 41.1 Å². The predicted molar refractivity (Wildman–Crippen MR) is 115 cm³/mol. The zero-order chi connectivity index (χ0) is 26.6. The standard InChI is InChI=1S/C22H27F5N4O4/c1-14(32)16-13-31-15(8-7-9-17(31)29-16)12-30(19(34)35-20(2,3)4)11-6-5-10-28-18(33)21(23,24)22(25,26)27/h7-9,13H,5-6,10-12H2,1-4H3,(H,28,33). The molecule has 0 spiro atoms. The maximum atomic E-state index is 13.0. The molecule has 2 amide bonds. The molecular weight excluding hydrogens is 479 g/mol. The molecule has 0 unspecified atom stereocenters. The van der Waals surface area contributed by atoms with Crippen LogP contribution in [0.25, 0.3) is 5.65 Å². The van der Waals surface area contributed by atoms with Gasteiger partial charge in [-0.2, -0.15) is 22.0 Å². The van der Waals surface area contributed by atoms with Crippen molar-refractivity contribution in [2.24, 2.45) is 0 Å². The summed E-state index contributed by atoms with van der Waals surface area (Å²) in [7, 11) is 0. The SMILES string of the molecule is CC(=O)c1cn2c(CN(CCCCNC(=O)C(F)(F)C(F)(F)F)C(=O)OC(C)(C)C)cccc2n1. The number of hydrogen-bond donors (Lipinski definition) is 1. The van der Waals surface area contributed by atoms with Crippen LogP contribution in [-0.4, -0.2) is 62.9 Å². The second-order valence-corrected chi connectivity index (χ2v) is 8.86. The summed E-state index contributed by atoms with van der Waals surface area (Å²) in [6, 6.07) is 5.10. The van der Waals surface area contributed by atoms with Gasteiger partial charge in [0.1, 0.15) is 16.9 Å². The molecule has 0 aliphatic carbocycles. The van der Waals surface area contributed by atoms with Crippen molar-refractivity contribution in [1.29, 1.82) is 0 Å². The van der Waals surface area contributed by atoms with E-state index in [1.165, 1.54) is 18.0 Å². The van der Waals surface area contributed by atoms with Crippen molar-refractivity contribution in [3.05, 3.63) is 35.8 Å². The summed E-state index contributed by atoms with van der Waals surface area (Å²) in [6.07, 6.45) is -4.91. The molecule has 0 bridgehead atoms. The highest BCUT2D eigenvalue weighted by Gasteiger charge is 2.63. The third-order valence-corrected chi connectivity index (χ3v) is 4.72. The van der Waals surface area contributed by atoms with Gasteiger partial charge in [-0.15, -0.1) is 0 Å². The molecule has 0 fully saturated rings. The Balaban J connectivity index is 2.08. The number of rotatable bonds is 9. The Morgan fingerprint density at radius 1 is 1.09 bits per heavy atom. The highest BCUT2D eigenvalue weighted by atomic mass is 19.4. The third kappa shape index (κ3) is 7.36. The number of carbonyl (C=O) groups is 3. The fourth-order valence-electron chi connectivity index (χ4n) is 2.99. The van der Waals surface area contributed by atoms with Gasteiger partial charge in [-0.3, -0.25) is 9.59 Å². The summed E-state index contributed by atoms with van der Waals surface area (Å²) in [5.41, 5.74) is 0.527. The Bertz CT molecular complexity index is 1080. The predicted octanol–water partition coefficient (Wildman–Crippen LogP) is 4.37. The summed E-state index contributed by atoms with van der Waals surface area (Å²) in [5.74, 6) is -8.15. The van der Waals surface area contributed by atoms with Crippen molar-refractivity contribution in [2.75, 3.05) is 13.1 Å². The molecule has 13 heteroatoms. The molecule has 0 saturated carbocycles. The van der Waals surface area contributed by atoms with Gasteiger partial charge in [0.15, 0.2) is 5.78 Å². The maximum Gasteiger partial charge on any atom is 0.463 e. The molecule has 0 atom stereocenters. The van der Waals surface area contributed by atoms with Gasteiger partial charge in [0, 0.05) is 31.9 Å². The van der Waals surface area contributed by atoms with E-state index in [4.69, 9.17) is 4.74 Å². The largest absolute Gasteiger partial charge is 0.463 e. The molecule has 0 saturated heterocycles. The Hall–Kier alpha value is -3.25. The first-order valence-electron chi connectivity index (χ1n) is 10.7. The molecular formula is C22H27F5N4O4. The van der Waals surface area contributed by atoms with Gasteiger partial charge in [0.2, 0.25) is 0 Å². The summed E-state index contributed by atoms with van der Waals surface area (Å²) in [5, 5.41) is 1.57. The molecule has 2 heterocycles. The first-order valence-corrected chi connectivity index (χ1v) is 10.7. The van der Waals surface area contributed by atoms with E-state index in [0.29, 0.717) is 11.3 Å². The number of alkyl halides is 5. The van der Waals surface area contributed by atoms with Crippen LogP contribution in [0.3, 0.4) is 0 Å². The lowest BCUT2D eigenvalue weighted by atomic mass is 10.2. The van der Waals surface area contributed by atoms with E-state index in [0.717, 1.165) is 0 Å². The number of pyridine rings is 1. The molecule has 2 aromatic heterocycles. The number of aromatic nitrogens is 2. The normalized spacial score (nSPS) is 12.5. The van der Waals surface area contributed by atoms with E-state index >= 15 is 0 Å². The smallest absolute Gasteiger partial charge is 0.444 e. The second kappa shape index (κ2) is 10.6. The van der Waals surface area contributed by atoms with E-state index in [1.54, 1.807) is 48.7 Å². The van der Waals surface area contributed by atoms with Gasteiger partial charge in [-0.25, -0.2) is 9.78 Å². The van der Waals surface area contributed by atoms with Crippen LogP contribution in [0, 0.1) is 0 Å². The second-order valence-electron chi connectivity index (χ2n) is 8.86. The number of halogens is 5. The minimum Gasteiger partial charge on any atom is -0.444 e. The van der Waals surface area contributed by atoms with Crippen LogP contribution in [0.15, 0.2) is 24.4 Å². The fourth-order valence-corrected chi connectivity index (χ4v) is 2.99. The summed E-state index contributed by atoms with van der Waals surface area (Å²) in [6.45, 7) is 6.06. The van der Waals surface area contributed by atoms with E-state index in [1.807, 2.05) is 0 Å². The fraction of sp³-hybridized carbons (Fsp3) is 0.545. The van der Waals surface area contributed by atoms with Crippen LogP contribution in [0.4, 0.5) is 26.7 Å². The van der Waals surface area contributed by atoms with Crippen molar-refractivity contribution >= 4 is 23.4 Å². The lowest BCUT2D eigenvalue weighted by molar-refractivity contribution is -0.269. The van der Waals surface area contributed by atoms with Gasteiger partial charge in [0.25, 0.3) is 5.91 Å². The van der Waals surface area contributed by atoms with E-state index in [2.05, 4.69) is 4.98 Å². The average molecular weight is 506 g/mol. The van der Waals surface area contributed by atoms with Gasteiger partial charge < -0.3 is 19.4 Å². The maximum absolute atomic E-state index is 13.0. The van der Waals surface area contributed by atoms with Gasteiger partial charge in [-0.1, -0.05) is 6.07 Å². The van der Waals surface area contributed by atoms with Crippen molar-refractivity contribution in [1.82, 2.24) is 19.6 Å². The van der Waals surface area contributed by atoms with Gasteiger partial charge in [0.05, 0.1) is 6.54 Å². The van der Waals surface area contributed by atoms with Crippen molar-refractivity contribution in [2.45, 2.75) is 64.8 Å². The molecule has 2 aromatic rings. The van der Waals surface area contributed by atoms with Gasteiger partial charge >= 0.3 is 18.2 Å². The van der Waals surface area contributed by atoms with E-state index in [-0.39, 0.29) is 37.4 Å². The zero-order valence-corrected chi connectivity index (χ0v) is 19.7. The van der Waals surface area contributed by atoms with Crippen LogP contribution < -0.4 is 5.32 Å². The quantitative estimate of drug-likeness (QED) is 0.310. The molecule has 0 aliphatic heterocycles. The average Bonchev–Trinajstić information content (AvgIpc) is 3.16. The number of fused-ring (bicyclic) bond motifs is 1. The number of unbranched alkanes of at least 4 members (excludes halogenated alkanes) is 1. The Kier molecular flexibility index (Phi) is 8.45.